The van der Waals surface area contributed by atoms with Crippen LogP contribution in [0.3, 0.4) is 0 Å². The molecule has 1 atom stereocenters. The maximum absolute atomic E-state index is 12.2. The second kappa shape index (κ2) is 6.74. The van der Waals surface area contributed by atoms with Crippen molar-refractivity contribution in [1.82, 2.24) is 9.71 Å². The third-order valence-corrected chi connectivity index (χ3v) is 7.74. The summed E-state index contributed by atoms with van der Waals surface area (Å²) in [6.45, 7) is 4.22. The van der Waals surface area contributed by atoms with Gasteiger partial charge in [0.25, 0.3) is 0 Å². The summed E-state index contributed by atoms with van der Waals surface area (Å²) in [5, 5.41) is 0.793. The Bertz CT molecular complexity index is 861. The molecule has 4 rings (SSSR count). The number of nitrogens with one attached hydrogen (secondary N) is 1. The van der Waals surface area contributed by atoms with Crippen LogP contribution in [-0.2, 0) is 10.0 Å². The van der Waals surface area contributed by atoms with Crippen LogP contribution in [0.5, 0.6) is 5.75 Å². The lowest BCUT2D eigenvalue weighted by molar-refractivity contribution is 0.341. The topological polar surface area (TPSA) is 71.5 Å². The monoisotopic (exact) mass is 381 g/mol. The first-order valence-electron chi connectivity index (χ1n) is 8.84. The molecule has 1 N–H and O–H groups in total. The van der Waals surface area contributed by atoms with Gasteiger partial charge in [-0.3, -0.25) is 0 Å². The molecular weight excluding hydrogens is 358 g/mol. The molecule has 1 aromatic carbocycles. The summed E-state index contributed by atoms with van der Waals surface area (Å²) in [7, 11) is -3.14. The molecule has 2 heterocycles. The number of piperidine rings is 1. The number of hydrogen-bond acceptors (Lipinski definition) is 6. The van der Waals surface area contributed by atoms with Gasteiger partial charge < -0.3 is 9.64 Å². The zero-order valence-electron chi connectivity index (χ0n) is 14.3. The number of rotatable bonds is 6. The van der Waals surface area contributed by atoms with Crippen molar-refractivity contribution in [2.45, 2.75) is 43.9 Å². The van der Waals surface area contributed by atoms with Gasteiger partial charge in [0.15, 0.2) is 5.13 Å². The summed E-state index contributed by atoms with van der Waals surface area (Å²) >= 11 is 1.64. The average molecular weight is 382 g/mol. The van der Waals surface area contributed by atoms with E-state index in [2.05, 4.69) is 9.62 Å². The lowest BCUT2D eigenvalue weighted by atomic mass is 10.1. The molecule has 6 nitrogen and oxygen atoms in total. The Kier molecular flexibility index (Phi) is 4.59. The van der Waals surface area contributed by atoms with Gasteiger partial charge in [0.2, 0.25) is 10.0 Å². The number of hydrogen-bond donors (Lipinski definition) is 1. The van der Waals surface area contributed by atoms with E-state index in [9.17, 15) is 8.42 Å². The van der Waals surface area contributed by atoms with Crippen LogP contribution in [0, 0.1) is 0 Å². The Balaban J connectivity index is 1.49. The Morgan fingerprint density at radius 3 is 2.96 bits per heavy atom. The van der Waals surface area contributed by atoms with E-state index in [4.69, 9.17) is 9.72 Å². The molecule has 0 spiro atoms. The summed E-state index contributed by atoms with van der Waals surface area (Å²) < 4.78 is 33.9. The fraction of sp³-hybridized carbons (Fsp3) is 0.588. The molecule has 2 aliphatic rings. The van der Waals surface area contributed by atoms with Gasteiger partial charge in [-0.1, -0.05) is 11.3 Å². The summed E-state index contributed by atoms with van der Waals surface area (Å²) in [6, 6.07) is 5.93. The number of nitrogens with zero attached hydrogens (tertiary/aromatic N) is 2. The molecule has 2 fully saturated rings. The molecule has 8 heteroatoms. The molecule has 0 bridgehead atoms. The highest BCUT2D eigenvalue weighted by atomic mass is 32.2. The van der Waals surface area contributed by atoms with Crippen molar-refractivity contribution in [2.75, 3.05) is 24.6 Å². The quantitative estimate of drug-likeness (QED) is 0.833. The first-order valence-corrected chi connectivity index (χ1v) is 11.2. The number of fused-ring (bicyclic) bond motifs is 1. The Morgan fingerprint density at radius 2 is 2.20 bits per heavy atom. The van der Waals surface area contributed by atoms with Crippen molar-refractivity contribution in [3.05, 3.63) is 18.2 Å². The van der Waals surface area contributed by atoms with Crippen LogP contribution in [0.2, 0.25) is 0 Å². The van der Waals surface area contributed by atoms with Crippen molar-refractivity contribution in [1.29, 1.82) is 0 Å². The number of sulfonamides is 1. The van der Waals surface area contributed by atoms with E-state index in [0.29, 0.717) is 13.2 Å². The van der Waals surface area contributed by atoms with Crippen LogP contribution < -0.4 is 14.4 Å². The maximum Gasteiger partial charge on any atom is 0.214 e. The standard InChI is InChI=1S/C17H23N3O3S2/c1-2-23-13-5-8-15-16(10-13)24-17(18-15)20-9-3-4-12(11-20)19-25(21,22)14-6-7-14/h5,8,10,12,14,19H,2-4,6-7,9,11H2,1H3. The van der Waals surface area contributed by atoms with E-state index in [1.165, 1.54) is 0 Å². The van der Waals surface area contributed by atoms with Crippen molar-refractivity contribution < 1.29 is 13.2 Å². The van der Waals surface area contributed by atoms with Gasteiger partial charge in [0, 0.05) is 19.1 Å². The van der Waals surface area contributed by atoms with Crippen molar-refractivity contribution in [2.24, 2.45) is 0 Å². The van der Waals surface area contributed by atoms with Gasteiger partial charge >= 0.3 is 0 Å². The minimum Gasteiger partial charge on any atom is -0.494 e. The van der Waals surface area contributed by atoms with E-state index < -0.39 is 10.0 Å². The van der Waals surface area contributed by atoms with Crippen LogP contribution >= 0.6 is 11.3 Å². The molecule has 25 heavy (non-hydrogen) atoms. The zero-order valence-corrected chi connectivity index (χ0v) is 15.9. The summed E-state index contributed by atoms with van der Waals surface area (Å²) in [5.74, 6) is 0.860. The summed E-state index contributed by atoms with van der Waals surface area (Å²) in [6.07, 6.45) is 3.46. The SMILES string of the molecule is CCOc1ccc2nc(N3CCCC(NS(=O)(=O)C4CC4)C3)sc2c1. The second-order valence-corrected chi connectivity index (χ2v) is 9.71. The summed E-state index contributed by atoms with van der Waals surface area (Å²) in [4.78, 5) is 6.93. The van der Waals surface area contributed by atoms with E-state index in [1.807, 2.05) is 25.1 Å². The number of thiazole rings is 1. The first kappa shape index (κ1) is 17.1. The van der Waals surface area contributed by atoms with Gasteiger partial charge in [0.1, 0.15) is 5.75 Å². The lowest BCUT2D eigenvalue weighted by Gasteiger charge is -2.32. The van der Waals surface area contributed by atoms with Crippen LogP contribution in [0.4, 0.5) is 5.13 Å². The minimum atomic E-state index is -3.14. The predicted octanol–water partition coefficient (Wildman–Crippen LogP) is 2.75. The predicted molar refractivity (Wildman–Crippen MR) is 101 cm³/mol. The van der Waals surface area contributed by atoms with E-state index in [-0.39, 0.29) is 11.3 Å². The molecular formula is C17H23N3O3S2. The molecule has 2 aromatic rings. The molecule has 136 valence electrons. The number of ether oxygens (including phenoxy) is 1. The highest BCUT2D eigenvalue weighted by Gasteiger charge is 2.37. The van der Waals surface area contributed by atoms with E-state index >= 15 is 0 Å². The number of anilines is 1. The van der Waals surface area contributed by atoms with Crippen molar-refractivity contribution >= 4 is 36.7 Å². The lowest BCUT2D eigenvalue weighted by Crippen LogP contribution is -2.48. The first-order chi connectivity index (χ1) is 12.0. The molecule has 1 unspecified atom stereocenters. The zero-order chi connectivity index (χ0) is 17.4. The van der Waals surface area contributed by atoms with Crippen molar-refractivity contribution in [3.63, 3.8) is 0 Å². The molecule has 0 radical (unpaired) electrons. The van der Waals surface area contributed by atoms with Crippen LogP contribution in [0.25, 0.3) is 10.2 Å². The molecule has 1 aromatic heterocycles. The van der Waals surface area contributed by atoms with Gasteiger partial charge in [-0.2, -0.15) is 0 Å². The molecule has 1 aliphatic heterocycles. The highest BCUT2D eigenvalue weighted by Crippen LogP contribution is 2.33. The van der Waals surface area contributed by atoms with Gasteiger partial charge in [-0.05, 0) is 50.8 Å². The van der Waals surface area contributed by atoms with Crippen LogP contribution in [0.1, 0.15) is 32.6 Å². The van der Waals surface area contributed by atoms with Gasteiger partial charge in [0.05, 0.1) is 22.1 Å². The third-order valence-electron chi connectivity index (χ3n) is 4.65. The van der Waals surface area contributed by atoms with E-state index in [1.54, 1.807) is 11.3 Å². The third kappa shape index (κ3) is 3.75. The Hall–Kier alpha value is -1.38. The van der Waals surface area contributed by atoms with Gasteiger partial charge in [-0.25, -0.2) is 18.1 Å². The summed E-state index contributed by atoms with van der Waals surface area (Å²) in [5.41, 5.74) is 0.962. The van der Waals surface area contributed by atoms with Crippen LogP contribution in [0.15, 0.2) is 18.2 Å². The smallest absolute Gasteiger partial charge is 0.214 e. The Labute approximate surface area is 152 Å². The Morgan fingerprint density at radius 1 is 1.36 bits per heavy atom. The highest BCUT2D eigenvalue weighted by molar-refractivity contribution is 7.90. The molecule has 1 saturated carbocycles. The molecule has 0 amide bonds. The van der Waals surface area contributed by atoms with Gasteiger partial charge in [-0.15, -0.1) is 0 Å². The minimum absolute atomic E-state index is 0.0228. The second-order valence-electron chi connectivity index (χ2n) is 6.71. The fourth-order valence-electron chi connectivity index (χ4n) is 3.24. The molecule has 1 aliphatic carbocycles. The largest absolute Gasteiger partial charge is 0.494 e. The van der Waals surface area contributed by atoms with Crippen molar-refractivity contribution in [3.8, 4) is 5.75 Å². The van der Waals surface area contributed by atoms with Crippen LogP contribution in [-0.4, -0.2) is 44.4 Å². The number of benzene rings is 1. The number of aromatic nitrogens is 1. The van der Waals surface area contributed by atoms with E-state index in [0.717, 1.165) is 53.3 Å². The maximum atomic E-state index is 12.2. The normalized spacial score (nSPS) is 21.6. The fourth-order valence-corrected chi connectivity index (χ4v) is 5.87. The average Bonchev–Trinajstić information content (AvgIpc) is 3.36. The molecule has 1 saturated heterocycles.